The van der Waals surface area contributed by atoms with Crippen molar-refractivity contribution in [1.82, 2.24) is 15.1 Å². The van der Waals surface area contributed by atoms with Gasteiger partial charge in [0.25, 0.3) is 5.91 Å². The Balaban J connectivity index is 1.44. The quantitative estimate of drug-likeness (QED) is 0.426. The van der Waals surface area contributed by atoms with Gasteiger partial charge in [0.1, 0.15) is 0 Å². The molecule has 32 heavy (non-hydrogen) atoms. The second-order valence-corrected chi connectivity index (χ2v) is 8.47. The Morgan fingerprint density at radius 3 is 2.94 bits per heavy atom. The van der Waals surface area contributed by atoms with Gasteiger partial charge < -0.3 is 14.8 Å². The van der Waals surface area contributed by atoms with Crippen LogP contribution in [0.25, 0.3) is 4.85 Å². The first-order valence-electron chi connectivity index (χ1n) is 11.1. The standard InChI is InChI=1S/C24H28N4O4/c1-3-19-21-20(15-24(16-26-22(21)29)8-12-31-13-9-24)28(27-19)10-5-11-32-23(30)17-6-4-7-18(14-17)25-2/h4,6-7,14H,3,5,8-13,15-16H2,1H3,(H,26,29). The predicted molar refractivity (Wildman–Crippen MR) is 118 cm³/mol. The number of nitrogens with zero attached hydrogens (tertiary/aromatic N) is 3. The van der Waals surface area contributed by atoms with E-state index in [-0.39, 0.29) is 17.9 Å². The summed E-state index contributed by atoms with van der Waals surface area (Å²) in [5.41, 5.74) is 3.29. The fraction of sp³-hybridized carbons (Fsp3) is 0.500. The van der Waals surface area contributed by atoms with Crippen molar-refractivity contribution in [2.75, 3.05) is 26.4 Å². The van der Waals surface area contributed by atoms with Crippen molar-refractivity contribution < 1.29 is 19.1 Å². The molecule has 0 aliphatic carbocycles. The summed E-state index contributed by atoms with van der Waals surface area (Å²) in [6.07, 6.45) is 3.90. The van der Waals surface area contributed by atoms with Crippen molar-refractivity contribution in [3.05, 3.63) is 58.2 Å². The minimum Gasteiger partial charge on any atom is -0.462 e. The number of benzene rings is 1. The SMILES string of the molecule is [C-]#[N+]c1cccc(C(=O)OCCCn2nc(CC)c3c2CC2(CCOCC2)CNC3=O)c1. The zero-order valence-electron chi connectivity index (χ0n) is 18.4. The summed E-state index contributed by atoms with van der Waals surface area (Å²) in [4.78, 5) is 28.5. The summed E-state index contributed by atoms with van der Waals surface area (Å²) >= 11 is 0. The molecule has 0 saturated carbocycles. The van der Waals surface area contributed by atoms with E-state index < -0.39 is 5.97 Å². The fourth-order valence-corrected chi connectivity index (χ4v) is 4.52. The maximum Gasteiger partial charge on any atom is 0.336 e. The highest BCUT2D eigenvalue weighted by atomic mass is 16.5. The van der Waals surface area contributed by atoms with Gasteiger partial charge in [-0.1, -0.05) is 25.1 Å². The lowest BCUT2D eigenvalue weighted by Gasteiger charge is -2.36. The molecule has 1 aromatic carbocycles. The molecular formula is C24H28N4O4. The van der Waals surface area contributed by atoms with Crippen LogP contribution in [0.3, 0.4) is 0 Å². The van der Waals surface area contributed by atoms with Crippen molar-refractivity contribution in [1.29, 1.82) is 0 Å². The summed E-state index contributed by atoms with van der Waals surface area (Å²) in [5.74, 6) is -0.484. The average molecular weight is 437 g/mol. The Morgan fingerprint density at radius 1 is 1.38 bits per heavy atom. The molecule has 0 bridgehead atoms. The molecule has 0 radical (unpaired) electrons. The van der Waals surface area contributed by atoms with Crippen LogP contribution in [-0.2, 0) is 28.9 Å². The molecule has 2 aliphatic heterocycles. The van der Waals surface area contributed by atoms with Gasteiger partial charge >= 0.3 is 5.97 Å². The highest BCUT2D eigenvalue weighted by Crippen LogP contribution is 2.37. The normalized spacial score (nSPS) is 17.2. The smallest absolute Gasteiger partial charge is 0.336 e. The number of aryl methyl sites for hydroxylation is 2. The van der Waals surface area contributed by atoms with E-state index >= 15 is 0 Å². The van der Waals surface area contributed by atoms with Crippen molar-refractivity contribution in [3.63, 3.8) is 0 Å². The number of rotatable bonds is 6. The monoisotopic (exact) mass is 436 g/mol. The van der Waals surface area contributed by atoms with Crippen LogP contribution < -0.4 is 5.32 Å². The summed E-state index contributed by atoms with van der Waals surface area (Å²) < 4.78 is 12.9. The summed E-state index contributed by atoms with van der Waals surface area (Å²) in [7, 11) is 0. The number of esters is 1. The lowest BCUT2D eigenvalue weighted by Crippen LogP contribution is -2.40. The second-order valence-electron chi connectivity index (χ2n) is 8.47. The lowest BCUT2D eigenvalue weighted by atomic mass is 9.76. The van der Waals surface area contributed by atoms with E-state index in [0.717, 1.165) is 30.7 Å². The van der Waals surface area contributed by atoms with E-state index in [1.807, 2.05) is 11.6 Å². The zero-order valence-corrected chi connectivity index (χ0v) is 18.4. The summed E-state index contributed by atoms with van der Waals surface area (Å²) in [5, 5.41) is 7.85. The highest BCUT2D eigenvalue weighted by Gasteiger charge is 2.39. The second kappa shape index (κ2) is 9.53. The topological polar surface area (TPSA) is 86.8 Å². The maximum atomic E-state index is 12.9. The van der Waals surface area contributed by atoms with E-state index in [1.54, 1.807) is 18.2 Å². The van der Waals surface area contributed by atoms with Gasteiger partial charge in [0, 0.05) is 38.3 Å². The van der Waals surface area contributed by atoms with Crippen LogP contribution in [-0.4, -0.2) is 48.0 Å². The van der Waals surface area contributed by atoms with Crippen molar-refractivity contribution in [2.24, 2.45) is 5.41 Å². The summed E-state index contributed by atoms with van der Waals surface area (Å²) in [6.45, 7) is 12.0. The molecule has 1 fully saturated rings. The fourth-order valence-electron chi connectivity index (χ4n) is 4.52. The van der Waals surface area contributed by atoms with Gasteiger partial charge in [0.2, 0.25) is 0 Å². The van der Waals surface area contributed by atoms with E-state index in [1.165, 1.54) is 6.07 Å². The van der Waals surface area contributed by atoms with E-state index in [2.05, 4.69) is 10.2 Å². The number of ether oxygens (including phenoxy) is 2. The van der Waals surface area contributed by atoms with Gasteiger partial charge in [-0.3, -0.25) is 9.48 Å². The third kappa shape index (κ3) is 4.53. The number of carbonyl (C=O) groups is 2. The number of nitrogens with one attached hydrogen (secondary N) is 1. The van der Waals surface area contributed by atoms with Crippen LogP contribution in [0.2, 0.25) is 0 Å². The van der Waals surface area contributed by atoms with Crippen LogP contribution >= 0.6 is 0 Å². The molecule has 2 aliphatic rings. The molecule has 2 aromatic rings. The largest absolute Gasteiger partial charge is 0.462 e. The Kier molecular flexibility index (Phi) is 6.56. The molecule has 0 unspecified atom stereocenters. The number of aromatic nitrogens is 2. The molecule has 8 heteroatoms. The molecule has 1 saturated heterocycles. The van der Waals surface area contributed by atoms with E-state index in [0.29, 0.717) is 56.0 Å². The molecular weight excluding hydrogens is 408 g/mol. The molecule has 3 heterocycles. The van der Waals surface area contributed by atoms with Gasteiger partial charge in [0.05, 0.1) is 30.1 Å². The molecule has 168 valence electrons. The third-order valence-corrected chi connectivity index (χ3v) is 6.37. The van der Waals surface area contributed by atoms with Crippen LogP contribution in [0.5, 0.6) is 0 Å². The van der Waals surface area contributed by atoms with Crippen molar-refractivity contribution in [2.45, 2.75) is 45.6 Å². The first-order valence-corrected chi connectivity index (χ1v) is 11.1. The van der Waals surface area contributed by atoms with Gasteiger partial charge in [-0.15, -0.1) is 0 Å². The van der Waals surface area contributed by atoms with Gasteiger partial charge in [0.15, 0.2) is 5.69 Å². The Morgan fingerprint density at radius 2 is 2.19 bits per heavy atom. The molecule has 1 aromatic heterocycles. The molecule has 0 atom stereocenters. The molecule has 1 N–H and O–H groups in total. The van der Waals surface area contributed by atoms with Crippen LogP contribution in [0.4, 0.5) is 5.69 Å². The molecule has 4 rings (SSSR count). The number of fused-ring (bicyclic) bond motifs is 1. The number of carbonyl (C=O) groups excluding carboxylic acids is 2. The lowest BCUT2D eigenvalue weighted by molar-refractivity contribution is 0.0152. The maximum absolute atomic E-state index is 12.9. The number of hydrogen-bond acceptors (Lipinski definition) is 5. The first-order chi connectivity index (χ1) is 15.5. The highest BCUT2D eigenvalue weighted by molar-refractivity contribution is 5.97. The van der Waals surface area contributed by atoms with Gasteiger partial charge in [-0.25, -0.2) is 9.64 Å². The number of hydrogen-bond donors (Lipinski definition) is 1. The first kappa shape index (κ1) is 22.0. The van der Waals surface area contributed by atoms with Crippen molar-refractivity contribution >= 4 is 17.6 Å². The van der Waals surface area contributed by atoms with Crippen LogP contribution in [0, 0.1) is 12.0 Å². The summed E-state index contributed by atoms with van der Waals surface area (Å²) in [6, 6.07) is 6.50. The Labute approximate surface area is 187 Å². The minimum absolute atomic E-state index is 0.00232. The minimum atomic E-state index is -0.440. The predicted octanol–water partition coefficient (Wildman–Crippen LogP) is 3.33. The molecule has 8 nitrogen and oxygen atoms in total. The van der Waals surface area contributed by atoms with Gasteiger partial charge in [-0.05, 0) is 37.2 Å². The third-order valence-electron chi connectivity index (χ3n) is 6.37. The van der Waals surface area contributed by atoms with E-state index in [9.17, 15) is 9.59 Å². The molecule has 1 spiro atoms. The average Bonchev–Trinajstić information content (AvgIpc) is 3.10. The van der Waals surface area contributed by atoms with E-state index in [4.69, 9.17) is 21.1 Å². The van der Waals surface area contributed by atoms with Crippen molar-refractivity contribution in [3.8, 4) is 0 Å². The Hall–Kier alpha value is -3.18. The van der Waals surface area contributed by atoms with Gasteiger partial charge in [-0.2, -0.15) is 5.10 Å². The number of amides is 1. The molecule has 1 amide bonds. The zero-order chi connectivity index (χ0) is 22.6. The van der Waals surface area contributed by atoms with Crippen LogP contribution in [0.1, 0.15) is 58.3 Å². The van der Waals surface area contributed by atoms with Crippen LogP contribution in [0.15, 0.2) is 24.3 Å². The Bertz CT molecular complexity index is 1050.